The first-order valence-electron chi connectivity index (χ1n) is 7.67. The first-order chi connectivity index (χ1) is 11.8. The number of esters is 1. The monoisotopic (exact) mass is 364 g/mol. The van der Waals surface area contributed by atoms with Crippen molar-refractivity contribution in [1.82, 2.24) is 9.80 Å². The van der Waals surface area contributed by atoms with Crippen LogP contribution < -0.4 is 0 Å². The maximum atomic E-state index is 12.6. The lowest BCUT2D eigenvalue weighted by atomic mass is 10.1. The highest BCUT2D eigenvalue weighted by molar-refractivity contribution is 7.98. The molecule has 0 saturated carbocycles. The van der Waals surface area contributed by atoms with Crippen molar-refractivity contribution >= 4 is 35.5 Å². The zero-order chi connectivity index (χ0) is 18.7. The molecule has 2 atom stereocenters. The summed E-state index contributed by atoms with van der Waals surface area (Å²) in [4.78, 5) is 51.8. The molecule has 0 radical (unpaired) electrons. The zero-order valence-electron chi connectivity index (χ0n) is 14.5. The number of imide groups is 1. The molecule has 1 aliphatic heterocycles. The van der Waals surface area contributed by atoms with Gasteiger partial charge in [-0.3, -0.25) is 19.3 Å². The summed E-state index contributed by atoms with van der Waals surface area (Å²) in [5.74, 6) is -2.01. The van der Waals surface area contributed by atoms with Crippen molar-refractivity contribution < 1.29 is 23.9 Å². The third-order valence-electron chi connectivity index (χ3n) is 3.82. The van der Waals surface area contributed by atoms with Crippen LogP contribution in [0.4, 0.5) is 0 Å². The molecule has 8 heteroatoms. The number of carbonyl (C=O) groups excluding carboxylic acids is 4. The molecule has 2 rings (SSSR count). The smallest absolute Gasteiger partial charge is 0.331 e. The Morgan fingerprint density at radius 1 is 1.16 bits per heavy atom. The Morgan fingerprint density at radius 3 is 2.12 bits per heavy atom. The van der Waals surface area contributed by atoms with E-state index in [1.807, 2.05) is 0 Å². The van der Waals surface area contributed by atoms with E-state index in [1.165, 1.54) is 23.6 Å². The van der Waals surface area contributed by atoms with E-state index in [-0.39, 0.29) is 22.8 Å². The molecule has 0 aliphatic carbocycles. The van der Waals surface area contributed by atoms with E-state index in [0.717, 1.165) is 4.90 Å². The summed E-state index contributed by atoms with van der Waals surface area (Å²) < 4.78 is 5.21. The molecule has 0 bridgehead atoms. The lowest BCUT2D eigenvalue weighted by molar-refractivity contribution is -0.160. The largest absolute Gasteiger partial charge is 0.451 e. The lowest BCUT2D eigenvalue weighted by Crippen LogP contribution is -2.49. The molecule has 1 aromatic rings. The van der Waals surface area contributed by atoms with Gasteiger partial charge in [0.2, 0.25) is 0 Å². The van der Waals surface area contributed by atoms with E-state index in [2.05, 4.69) is 0 Å². The number of nitrogens with zero attached hydrogens (tertiary/aromatic N) is 2. The van der Waals surface area contributed by atoms with Gasteiger partial charge in [0.05, 0.1) is 11.1 Å². The summed E-state index contributed by atoms with van der Waals surface area (Å²) >= 11 is 1.31. The van der Waals surface area contributed by atoms with Gasteiger partial charge in [-0.1, -0.05) is 12.1 Å². The minimum absolute atomic E-state index is 0.188. The van der Waals surface area contributed by atoms with Crippen LogP contribution in [-0.4, -0.2) is 71.7 Å². The number of ether oxygens (including phenoxy) is 1. The molecule has 0 unspecified atom stereocenters. The van der Waals surface area contributed by atoms with Crippen molar-refractivity contribution in [2.45, 2.75) is 19.1 Å². The number of rotatable bonds is 6. The van der Waals surface area contributed by atoms with Crippen molar-refractivity contribution in [2.75, 3.05) is 26.1 Å². The maximum absolute atomic E-state index is 12.6. The molecule has 7 nitrogen and oxygen atoms in total. The van der Waals surface area contributed by atoms with Crippen molar-refractivity contribution in [3.8, 4) is 0 Å². The molecule has 0 fully saturated rings. The summed E-state index contributed by atoms with van der Waals surface area (Å²) in [5.41, 5.74) is 0.535. The minimum Gasteiger partial charge on any atom is -0.451 e. The van der Waals surface area contributed by atoms with Gasteiger partial charge in [0.25, 0.3) is 17.7 Å². The molecule has 0 N–H and O–H groups in total. The van der Waals surface area contributed by atoms with Crippen molar-refractivity contribution in [2.24, 2.45) is 0 Å². The SMILES string of the molecule is CSC[C@H](C(=O)O[C@@H](C)C(=O)N(C)C)N1C(=O)c2ccccc2C1=O. The molecule has 0 spiro atoms. The van der Waals surface area contributed by atoms with Crippen molar-refractivity contribution in [3.05, 3.63) is 35.4 Å². The first kappa shape index (κ1) is 19.0. The van der Waals surface area contributed by atoms with Crippen molar-refractivity contribution in [1.29, 1.82) is 0 Å². The Bertz CT molecular complexity index is 684. The lowest BCUT2D eigenvalue weighted by Gasteiger charge is -2.26. The maximum Gasteiger partial charge on any atom is 0.331 e. The number of thioether (sulfide) groups is 1. The highest BCUT2D eigenvalue weighted by Crippen LogP contribution is 2.26. The van der Waals surface area contributed by atoms with Crippen LogP contribution in [-0.2, 0) is 14.3 Å². The molecule has 1 aliphatic rings. The Morgan fingerprint density at radius 2 is 1.68 bits per heavy atom. The molecular weight excluding hydrogens is 344 g/mol. The predicted molar refractivity (Wildman–Crippen MR) is 93.4 cm³/mol. The van der Waals surface area contributed by atoms with Crippen LogP contribution in [0.15, 0.2) is 24.3 Å². The Balaban J connectivity index is 2.24. The average Bonchev–Trinajstić information content (AvgIpc) is 2.83. The fourth-order valence-electron chi connectivity index (χ4n) is 2.56. The summed E-state index contributed by atoms with van der Waals surface area (Å²) in [6.45, 7) is 1.46. The number of carbonyl (C=O) groups is 4. The van der Waals surface area contributed by atoms with Gasteiger partial charge < -0.3 is 9.64 Å². The molecule has 25 heavy (non-hydrogen) atoms. The van der Waals surface area contributed by atoms with Crippen LogP contribution in [0, 0.1) is 0 Å². The number of hydrogen-bond acceptors (Lipinski definition) is 6. The molecule has 0 saturated heterocycles. The van der Waals surface area contributed by atoms with E-state index in [0.29, 0.717) is 0 Å². The number of amides is 3. The second kappa shape index (κ2) is 7.69. The van der Waals surface area contributed by atoms with E-state index in [9.17, 15) is 19.2 Å². The number of likely N-dealkylation sites (N-methyl/N-ethyl adjacent to an activating group) is 1. The van der Waals surface area contributed by atoms with Gasteiger partial charge in [-0.05, 0) is 25.3 Å². The summed E-state index contributed by atoms with van der Waals surface area (Å²) in [6.07, 6.45) is 0.759. The molecule has 3 amide bonds. The minimum atomic E-state index is -1.08. The van der Waals surface area contributed by atoms with Crippen LogP contribution >= 0.6 is 11.8 Å². The number of fused-ring (bicyclic) bond motifs is 1. The van der Waals surface area contributed by atoms with Crippen LogP contribution in [0.2, 0.25) is 0 Å². The third-order valence-corrected chi connectivity index (χ3v) is 4.46. The molecule has 1 aromatic carbocycles. The topological polar surface area (TPSA) is 84.0 Å². The summed E-state index contributed by atoms with van der Waals surface area (Å²) in [6, 6.07) is 5.34. The van der Waals surface area contributed by atoms with Crippen LogP contribution in [0.5, 0.6) is 0 Å². The second-order valence-electron chi connectivity index (χ2n) is 5.81. The van der Waals surface area contributed by atoms with E-state index < -0.39 is 29.9 Å². The molecule has 0 aromatic heterocycles. The second-order valence-corrected chi connectivity index (χ2v) is 6.72. The normalized spacial score (nSPS) is 15.6. The number of benzene rings is 1. The fraction of sp³-hybridized carbons (Fsp3) is 0.412. The molecule has 134 valence electrons. The quantitative estimate of drug-likeness (QED) is 0.554. The number of hydrogen-bond donors (Lipinski definition) is 0. The van der Waals surface area contributed by atoms with Crippen LogP contribution in [0.3, 0.4) is 0 Å². The highest BCUT2D eigenvalue weighted by atomic mass is 32.2. The van der Waals surface area contributed by atoms with E-state index in [1.54, 1.807) is 44.6 Å². The molecular formula is C17H20N2O5S. The van der Waals surface area contributed by atoms with Gasteiger partial charge in [0, 0.05) is 19.8 Å². The Labute approximate surface area is 150 Å². The summed E-state index contributed by atoms with van der Waals surface area (Å²) in [5, 5.41) is 0. The van der Waals surface area contributed by atoms with Gasteiger partial charge >= 0.3 is 5.97 Å². The Kier molecular flexibility index (Phi) is 5.84. The van der Waals surface area contributed by atoms with Gasteiger partial charge in [0.15, 0.2) is 6.10 Å². The zero-order valence-corrected chi connectivity index (χ0v) is 15.3. The van der Waals surface area contributed by atoms with Gasteiger partial charge in [-0.25, -0.2) is 4.79 Å². The standard InChI is InChI=1S/C17H20N2O5S/c1-10(14(20)18(2)3)24-17(23)13(9-25-4)19-15(21)11-7-5-6-8-12(11)16(19)22/h5-8,10,13H,9H2,1-4H3/t10-,13+/m0/s1. The molecule has 1 heterocycles. The van der Waals surface area contributed by atoms with Crippen LogP contribution in [0.25, 0.3) is 0 Å². The summed E-state index contributed by atoms with van der Waals surface area (Å²) in [7, 11) is 3.10. The Hall–Kier alpha value is -2.35. The van der Waals surface area contributed by atoms with Gasteiger partial charge in [0.1, 0.15) is 6.04 Å². The fourth-order valence-corrected chi connectivity index (χ4v) is 3.16. The van der Waals surface area contributed by atoms with Crippen molar-refractivity contribution in [3.63, 3.8) is 0 Å². The van der Waals surface area contributed by atoms with Crippen LogP contribution in [0.1, 0.15) is 27.6 Å². The van der Waals surface area contributed by atoms with Gasteiger partial charge in [-0.2, -0.15) is 11.8 Å². The van der Waals surface area contributed by atoms with E-state index >= 15 is 0 Å². The highest BCUT2D eigenvalue weighted by Gasteiger charge is 2.43. The first-order valence-corrected chi connectivity index (χ1v) is 9.06. The predicted octanol–water partition coefficient (Wildman–Crippen LogP) is 1.03. The average molecular weight is 364 g/mol. The third kappa shape index (κ3) is 3.68. The van der Waals surface area contributed by atoms with E-state index in [4.69, 9.17) is 4.74 Å². The van der Waals surface area contributed by atoms with Gasteiger partial charge in [-0.15, -0.1) is 0 Å².